The van der Waals surface area contributed by atoms with Crippen molar-refractivity contribution in [1.82, 2.24) is 20.0 Å². The molecule has 0 spiro atoms. The Morgan fingerprint density at radius 2 is 2.24 bits per heavy atom. The van der Waals surface area contributed by atoms with Crippen molar-refractivity contribution < 1.29 is 4.79 Å². The Morgan fingerprint density at radius 3 is 3.00 bits per heavy atom. The predicted molar refractivity (Wildman–Crippen MR) is 83.6 cm³/mol. The summed E-state index contributed by atoms with van der Waals surface area (Å²) in [5.41, 5.74) is 0. The summed E-state index contributed by atoms with van der Waals surface area (Å²) in [6, 6.07) is 5.92. The highest BCUT2D eigenvalue weighted by atomic mass is 32.1. The largest absolute Gasteiger partial charge is 0.314 e. The van der Waals surface area contributed by atoms with Crippen LogP contribution < -0.4 is 10.6 Å². The van der Waals surface area contributed by atoms with Gasteiger partial charge in [-0.3, -0.25) is 9.69 Å². The van der Waals surface area contributed by atoms with E-state index in [9.17, 15) is 4.79 Å². The maximum Gasteiger partial charge on any atom is 0.239 e. The van der Waals surface area contributed by atoms with Gasteiger partial charge in [0.1, 0.15) is 5.82 Å². The predicted octanol–water partition coefficient (Wildman–Crippen LogP) is 0.837. The van der Waals surface area contributed by atoms with E-state index in [0.29, 0.717) is 13.1 Å². The second-order valence-electron chi connectivity index (χ2n) is 5.03. The first-order valence-corrected chi connectivity index (χ1v) is 7.96. The second-order valence-corrected chi connectivity index (χ2v) is 6.06. The Balaban J connectivity index is 1.57. The fourth-order valence-corrected chi connectivity index (χ4v) is 3.06. The van der Waals surface area contributed by atoms with Crippen LogP contribution in [0.3, 0.4) is 0 Å². The van der Waals surface area contributed by atoms with Gasteiger partial charge in [-0.2, -0.15) is 5.10 Å². The highest BCUT2D eigenvalue weighted by molar-refractivity contribution is 7.09. The van der Waals surface area contributed by atoms with Crippen LogP contribution in [-0.2, 0) is 11.3 Å². The van der Waals surface area contributed by atoms with Crippen LogP contribution in [0.1, 0.15) is 4.88 Å². The van der Waals surface area contributed by atoms with Crippen molar-refractivity contribution in [3.63, 3.8) is 0 Å². The first-order valence-electron chi connectivity index (χ1n) is 7.08. The van der Waals surface area contributed by atoms with E-state index in [2.05, 4.69) is 26.7 Å². The molecule has 0 unspecified atom stereocenters. The third-order valence-corrected chi connectivity index (χ3v) is 4.31. The number of rotatable bonds is 5. The van der Waals surface area contributed by atoms with E-state index in [1.807, 2.05) is 22.2 Å². The standard InChI is InChI=1S/C14H19N5OS/c20-14(11-18-7-5-15-6-8-18)17-13-3-4-16-19(13)10-12-2-1-9-21-12/h1-4,9,15H,5-8,10-11H2,(H,17,20). The van der Waals surface area contributed by atoms with Crippen LogP contribution in [0.25, 0.3) is 0 Å². The number of nitrogens with zero attached hydrogens (tertiary/aromatic N) is 3. The molecule has 0 aliphatic carbocycles. The summed E-state index contributed by atoms with van der Waals surface area (Å²) in [7, 11) is 0. The highest BCUT2D eigenvalue weighted by Gasteiger charge is 2.14. The maximum absolute atomic E-state index is 12.1. The number of carbonyl (C=O) groups is 1. The van der Waals surface area contributed by atoms with Gasteiger partial charge in [-0.25, -0.2) is 4.68 Å². The van der Waals surface area contributed by atoms with Crippen molar-refractivity contribution in [3.05, 3.63) is 34.7 Å². The van der Waals surface area contributed by atoms with Crippen LogP contribution in [0.5, 0.6) is 0 Å². The molecule has 0 radical (unpaired) electrons. The second kappa shape index (κ2) is 6.84. The van der Waals surface area contributed by atoms with Gasteiger partial charge in [-0.05, 0) is 11.4 Å². The zero-order valence-electron chi connectivity index (χ0n) is 11.8. The lowest BCUT2D eigenvalue weighted by Gasteiger charge is -2.26. The molecule has 6 nitrogen and oxygen atoms in total. The first-order chi connectivity index (χ1) is 10.3. The summed E-state index contributed by atoms with van der Waals surface area (Å²) in [5.74, 6) is 0.772. The monoisotopic (exact) mass is 305 g/mol. The number of piperazine rings is 1. The molecule has 112 valence electrons. The van der Waals surface area contributed by atoms with Gasteiger partial charge in [0.15, 0.2) is 0 Å². The van der Waals surface area contributed by atoms with Crippen molar-refractivity contribution in [3.8, 4) is 0 Å². The number of hydrogen-bond acceptors (Lipinski definition) is 5. The smallest absolute Gasteiger partial charge is 0.239 e. The number of anilines is 1. The number of carbonyl (C=O) groups excluding carboxylic acids is 1. The molecule has 0 atom stereocenters. The lowest BCUT2D eigenvalue weighted by molar-refractivity contribution is -0.117. The first kappa shape index (κ1) is 14.2. The zero-order chi connectivity index (χ0) is 14.5. The number of thiophene rings is 1. The Hall–Kier alpha value is -1.70. The highest BCUT2D eigenvalue weighted by Crippen LogP contribution is 2.14. The van der Waals surface area contributed by atoms with Crippen molar-refractivity contribution in [2.24, 2.45) is 0 Å². The van der Waals surface area contributed by atoms with E-state index in [4.69, 9.17) is 0 Å². The van der Waals surface area contributed by atoms with Crippen molar-refractivity contribution >= 4 is 23.1 Å². The number of nitrogens with one attached hydrogen (secondary N) is 2. The van der Waals surface area contributed by atoms with E-state index < -0.39 is 0 Å². The molecule has 1 aliphatic heterocycles. The Morgan fingerprint density at radius 1 is 1.38 bits per heavy atom. The fourth-order valence-electron chi connectivity index (χ4n) is 2.37. The Labute approximate surface area is 127 Å². The molecule has 0 saturated carbocycles. The van der Waals surface area contributed by atoms with Gasteiger partial charge < -0.3 is 10.6 Å². The SMILES string of the molecule is O=C(CN1CCNCC1)Nc1ccnn1Cc1cccs1. The molecule has 21 heavy (non-hydrogen) atoms. The topological polar surface area (TPSA) is 62.2 Å². The van der Waals surface area contributed by atoms with Crippen LogP contribution in [0.15, 0.2) is 29.8 Å². The molecule has 1 aliphatic rings. The van der Waals surface area contributed by atoms with Crippen molar-refractivity contribution in [2.45, 2.75) is 6.54 Å². The van der Waals surface area contributed by atoms with E-state index >= 15 is 0 Å². The van der Waals surface area contributed by atoms with Crippen LogP contribution in [0.4, 0.5) is 5.82 Å². The van der Waals surface area contributed by atoms with Crippen LogP contribution in [0.2, 0.25) is 0 Å². The van der Waals surface area contributed by atoms with Gasteiger partial charge in [-0.15, -0.1) is 11.3 Å². The summed E-state index contributed by atoms with van der Waals surface area (Å²) in [6.45, 7) is 4.86. The summed E-state index contributed by atoms with van der Waals surface area (Å²) in [6.07, 6.45) is 1.72. The number of amides is 1. The lowest BCUT2D eigenvalue weighted by Crippen LogP contribution is -2.46. The van der Waals surface area contributed by atoms with E-state index in [1.165, 1.54) is 4.88 Å². The summed E-state index contributed by atoms with van der Waals surface area (Å²) in [4.78, 5) is 15.5. The molecule has 0 bridgehead atoms. The zero-order valence-corrected chi connectivity index (χ0v) is 12.6. The molecule has 2 N–H and O–H groups in total. The minimum absolute atomic E-state index is 0.0184. The Bertz CT molecular complexity index is 574. The number of aromatic nitrogens is 2. The molecule has 2 aromatic rings. The third-order valence-electron chi connectivity index (χ3n) is 3.45. The van der Waals surface area contributed by atoms with Gasteiger partial charge >= 0.3 is 0 Å². The van der Waals surface area contributed by atoms with Gasteiger partial charge in [0.25, 0.3) is 0 Å². The van der Waals surface area contributed by atoms with Crippen LogP contribution in [0, 0.1) is 0 Å². The van der Waals surface area contributed by atoms with Crippen molar-refractivity contribution in [1.29, 1.82) is 0 Å². The molecule has 1 amide bonds. The maximum atomic E-state index is 12.1. The average molecular weight is 305 g/mol. The molecule has 3 heterocycles. The van der Waals surface area contributed by atoms with Crippen LogP contribution >= 0.6 is 11.3 Å². The normalized spacial score (nSPS) is 16.0. The molecule has 0 aromatic carbocycles. The quantitative estimate of drug-likeness (QED) is 0.859. The van der Waals surface area contributed by atoms with E-state index in [1.54, 1.807) is 17.5 Å². The van der Waals surface area contributed by atoms with Gasteiger partial charge in [0.2, 0.25) is 5.91 Å². The Kier molecular flexibility index (Phi) is 4.64. The molecule has 1 saturated heterocycles. The summed E-state index contributed by atoms with van der Waals surface area (Å²) in [5, 5.41) is 12.6. The van der Waals surface area contributed by atoms with Gasteiger partial charge in [0.05, 0.1) is 19.3 Å². The summed E-state index contributed by atoms with van der Waals surface area (Å²) >= 11 is 1.69. The molecule has 1 fully saturated rings. The molecule has 3 rings (SSSR count). The molecule has 2 aromatic heterocycles. The average Bonchev–Trinajstić information content (AvgIpc) is 3.13. The summed E-state index contributed by atoms with van der Waals surface area (Å²) < 4.78 is 1.82. The molecular formula is C14H19N5OS. The minimum Gasteiger partial charge on any atom is -0.314 e. The van der Waals surface area contributed by atoms with Gasteiger partial charge in [0, 0.05) is 37.1 Å². The van der Waals surface area contributed by atoms with E-state index in [0.717, 1.165) is 32.0 Å². The molecule has 7 heteroatoms. The number of hydrogen-bond donors (Lipinski definition) is 2. The fraction of sp³-hybridized carbons (Fsp3) is 0.429. The molecular weight excluding hydrogens is 286 g/mol. The minimum atomic E-state index is 0.0184. The van der Waals surface area contributed by atoms with Crippen molar-refractivity contribution in [2.75, 3.05) is 38.0 Å². The van der Waals surface area contributed by atoms with Crippen LogP contribution in [-0.4, -0.2) is 53.3 Å². The third kappa shape index (κ3) is 3.90. The lowest BCUT2D eigenvalue weighted by atomic mass is 10.3. The van der Waals surface area contributed by atoms with E-state index in [-0.39, 0.29) is 5.91 Å². The van der Waals surface area contributed by atoms with Gasteiger partial charge in [-0.1, -0.05) is 6.07 Å².